The van der Waals surface area contributed by atoms with Crippen LogP contribution in [0.15, 0.2) is 24.3 Å². The molecular weight excluding hydrogens is 383 g/mol. The van der Waals surface area contributed by atoms with Gasteiger partial charge in [-0.3, -0.25) is 4.79 Å². The van der Waals surface area contributed by atoms with Gasteiger partial charge in [-0.15, -0.1) is 0 Å². The molecule has 2 aromatic rings. The van der Waals surface area contributed by atoms with E-state index in [0.29, 0.717) is 13.1 Å². The minimum Gasteiger partial charge on any atom is -0.375 e. The summed E-state index contributed by atoms with van der Waals surface area (Å²) < 4.78 is 18.3. The highest BCUT2D eigenvalue weighted by Gasteiger charge is 2.29. The quantitative estimate of drug-likeness (QED) is 0.755. The molecule has 30 heavy (non-hydrogen) atoms. The summed E-state index contributed by atoms with van der Waals surface area (Å²) in [6.07, 6.45) is 3.96. The fourth-order valence-electron chi connectivity index (χ4n) is 4.48. The summed E-state index contributed by atoms with van der Waals surface area (Å²) in [6.45, 7) is 5.19. The first-order valence-electron chi connectivity index (χ1n) is 10.7. The van der Waals surface area contributed by atoms with Crippen molar-refractivity contribution in [1.29, 1.82) is 0 Å². The van der Waals surface area contributed by atoms with Gasteiger partial charge in [0, 0.05) is 50.5 Å². The average Bonchev–Trinajstić information content (AvgIpc) is 2.76. The van der Waals surface area contributed by atoms with Crippen LogP contribution in [0.4, 0.5) is 10.2 Å². The van der Waals surface area contributed by atoms with Gasteiger partial charge in [-0.05, 0) is 50.3 Å². The number of fused-ring (bicyclic) bond motifs is 1. The summed E-state index contributed by atoms with van der Waals surface area (Å²) in [7, 11) is 1.55. The number of carbonyl (C=O) groups is 1. The van der Waals surface area contributed by atoms with Gasteiger partial charge in [0.1, 0.15) is 24.1 Å². The number of hydrogen-bond acceptors (Lipinski definition) is 5. The van der Waals surface area contributed by atoms with Crippen LogP contribution in [0.2, 0.25) is 0 Å². The van der Waals surface area contributed by atoms with Crippen molar-refractivity contribution >= 4 is 11.7 Å². The molecule has 0 unspecified atom stereocenters. The van der Waals surface area contributed by atoms with Crippen LogP contribution in [-0.2, 0) is 22.5 Å². The van der Waals surface area contributed by atoms with E-state index in [0.717, 1.165) is 61.7 Å². The van der Waals surface area contributed by atoms with Crippen LogP contribution in [0.25, 0.3) is 0 Å². The van der Waals surface area contributed by atoms with Gasteiger partial charge in [0.15, 0.2) is 0 Å². The van der Waals surface area contributed by atoms with E-state index in [-0.39, 0.29) is 24.2 Å². The molecule has 1 fully saturated rings. The minimum atomic E-state index is -0.219. The lowest BCUT2D eigenvalue weighted by Gasteiger charge is -2.34. The van der Waals surface area contributed by atoms with Gasteiger partial charge in [0.25, 0.3) is 0 Å². The summed E-state index contributed by atoms with van der Waals surface area (Å²) in [5, 5.41) is 0. The molecule has 1 aromatic heterocycles. The zero-order valence-electron chi connectivity index (χ0n) is 17.7. The lowest BCUT2D eigenvalue weighted by Crippen LogP contribution is -2.41. The number of hydrogen-bond donors (Lipinski definition) is 0. The molecule has 1 saturated heterocycles. The third-order valence-electron chi connectivity index (χ3n) is 6.06. The van der Waals surface area contributed by atoms with Crippen molar-refractivity contribution in [3.63, 3.8) is 0 Å². The Bertz CT molecular complexity index is 903. The molecule has 4 rings (SSSR count). The summed E-state index contributed by atoms with van der Waals surface area (Å²) in [5.74, 6) is 1.76. The highest BCUT2D eigenvalue weighted by atomic mass is 19.1. The maximum atomic E-state index is 13.3. The number of carbonyl (C=O) groups excluding carboxylic acids is 1. The van der Waals surface area contributed by atoms with Gasteiger partial charge < -0.3 is 14.5 Å². The van der Waals surface area contributed by atoms with Gasteiger partial charge in [0.05, 0.1) is 0 Å². The largest absolute Gasteiger partial charge is 0.375 e. The molecule has 3 heterocycles. The summed E-state index contributed by atoms with van der Waals surface area (Å²) in [5.41, 5.74) is 3.30. The predicted octanol–water partition coefficient (Wildman–Crippen LogP) is 3.23. The number of nitrogens with zero attached hydrogens (tertiary/aromatic N) is 4. The van der Waals surface area contributed by atoms with Crippen LogP contribution in [0.3, 0.4) is 0 Å². The summed E-state index contributed by atoms with van der Waals surface area (Å²) in [6, 6.07) is 6.67. The van der Waals surface area contributed by atoms with E-state index < -0.39 is 0 Å². The van der Waals surface area contributed by atoms with Crippen LogP contribution in [-0.4, -0.2) is 54.1 Å². The molecule has 0 N–H and O–H groups in total. The zero-order valence-corrected chi connectivity index (χ0v) is 17.7. The maximum absolute atomic E-state index is 13.3. The number of ether oxygens (including phenoxy) is 1. The Morgan fingerprint density at radius 2 is 2.00 bits per heavy atom. The van der Waals surface area contributed by atoms with Gasteiger partial charge in [-0.25, -0.2) is 14.4 Å². The number of aromatic nitrogens is 2. The van der Waals surface area contributed by atoms with Gasteiger partial charge >= 0.3 is 0 Å². The molecule has 0 saturated carbocycles. The van der Waals surface area contributed by atoms with Crippen LogP contribution < -0.4 is 4.90 Å². The molecule has 0 spiro atoms. The Hall–Kier alpha value is -2.54. The average molecular weight is 413 g/mol. The lowest BCUT2D eigenvalue weighted by atomic mass is 9.96. The minimum absolute atomic E-state index is 0.0230. The second-order valence-corrected chi connectivity index (χ2v) is 8.23. The van der Waals surface area contributed by atoms with Crippen LogP contribution in [0.1, 0.15) is 47.8 Å². The number of amides is 1. The molecule has 6 nitrogen and oxygen atoms in total. The Balaban J connectivity index is 1.58. The smallest absolute Gasteiger partial charge is 0.248 e. The van der Waals surface area contributed by atoms with Crippen molar-refractivity contribution in [3.8, 4) is 0 Å². The molecule has 1 atom stereocenters. The predicted molar refractivity (Wildman–Crippen MR) is 113 cm³/mol. The van der Waals surface area contributed by atoms with Crippen molar-refractivity contribution in [2.45, 2.75) is 45.1 Å². The standard InChI is InChI=1S/C23H29FN4O2/c1-16-20-6-4-12-28(13-17-7-9-19(24)10-8-17)23(20)26-22(25-16)18-5-3-11-27(14-18)21(29)15-30-2/h7-10,18H,3-6,11-15H2,1-2H3/t18-/m1/s1. The van der Waals surface area contributed by atoms with Gasteiger partial charge in [-0.2, -0.15) is 0 Å². The molecule has 1 aromatic carbocycles. The topological polar surface area (TPSA) is 58.6 Å². The Labute approximate surface area is 177 Å². The first kappa shape index (κ1) is 20.7. The number of piperidine rings is 1. The molecule has 2 aliphatic heterocycles. The Morgan fingerprint density at radius 1 is 1.20 bits per heavy atom. The van der Waals surface area contributed by atoms with Crippen LogP contribution in [0.5, 0.6) is 0 Å². The van der Waals surface area contributed by atoms with Crippen molar-refractivity contribution < 1.29 is 13.9 Å². The van der Waals surface area contributed by atoms with E-state index in [1.54, 1.807) is 7.11 Å². The van der Waals surface area contributed by atoms with Crippen molar-refractivity contribution in [3.05, 3.63) is 52.7 Å². The first-order chi connectivity index (χ1) is 14.5. The Morgan fingerprint density at radius 3 is 2.77 bits per heavy atom. The second kappa shape index (κ2) is 9.08. The SMILES string of the molecule is COCC(=O)N1CCC[C@@H](c2nc(C)c3c(n2)N(Cc2ccc(F)cc2)CCC3)C1. The number of likely N-dealkylation sites (tertiary alicyclic amines) is 1. The Kier molecular flexibility index (Phi) is 6.27. The van der Waals surface area contributed by atoms with E-state index in [4.69, 9.17) is 14.7 Å². The van der Waals surface area contributed by atoms with Crippen LogP contribution >= 0.6 is 0 Å². The van der Waals surface area contributed by atoms with E-state index in [1.807, 2.05) is 17.0 Å². The maximum Gasteiger partial charge on any atom is 0.248 e. The number of anilines is 1. The third kappa shape index (κ3) is 4.46. The van der Waals surface area contributed by atoms with Crippen LogP contribution in [0, 0.1) is 12.7 Å². The highest BCUT2D eigenvalue weighted by molar-refractivity contribution is 5.77. The fourth-order valence-corrected chi connectivity index (χ4v) is 4.48. The first-order valence-corrected chi connectivity index (χ1v) is 10.7. The van der Waals surface area contributed by atoms with Crippen molar-refractivity contribution in [2.24, 2.45) is 0 Å². The molecule has 0 aliphatic carbocycles. The number of benzene rings is 1. The third-order valence-corrected chi connectivity index (χ3v) is 6.06. The molecule has 2 aliphatic rings. The number of rotatable bonds is 5. The number of methoxy groups -OCH3 is 1. The van der Waals surface area contributed by atoms with Crippen molar-refractivity contribution in [1.82, 2.24) is 14.9 Å². The van der Waals surface area contributed by atoms with E-state index in [1.165, 1.54) is 17.7 Å². The molecule has 0 bridgehead atoms. The normalized spacial score (nSPS) is 19.0. The monoisotopic (exact) mass is 412 g/mol. The van der Waals surface area contributed by atoms with E-state index >= 15 is 0 Å². The van der Waals surface area contributed by atoms with E-state index in [9.17, 15) is 9.18 Å². The van der Waals surface area contributed by atoms with Crippen molar-refractivity contribution in [2.75, 3.05) is 38.3 Å². The van der Waals surface area contributed by atoms with Gasteiger partial charge in [0.2, 0.25) is 5.91 Å². The molecule has 1 amide bonds. The molecule has 7 heteroatoms. The molecule has 0 radical (unpaired) electrons. The second-order valence-electron chi connectivity index (χ2n) is 8.23. The molecular formula is C23H29FN4O2. The summed E-state index contributed by atoms with van der Waals surface area (Å²) in [4.78, 5) is 26.3. The number of halogens is 1. The number of aryl methyl sites for hydroxylation is 1. The van der Waals surface area contributed by atoms with E-state index in [2.05, 4.69) is 11.8 Å². The van der Waals surface area contributed by atoms with Gasteiger partial charge in [-0.1, -0.05) is 12.1 Å². The zero-order chi connectivity index (χ0) is 21.1. The fraction of sp³-hybridized carbons (Fsp3) is 0.522. The lowest BCUT2D eigenvalue weighted by molar-refractivity contribution is -0.136. The molecule has 160 valence electrons. The highest BCUT2D eigenvalue weighted by Crippen LogP contribution is 2.32. The summed E-state index contributed by atoms with van der Waals surface area (Å²) >= 11 is 0.